The smallest absolute Gasteiger partial charge is 0.748 e. The number of rotatable bonds is 21. The maximum atomic E-state index is 11.0. The predicted molar refractivity (Wildman–Crippen MR) is 139 cm³/mol. The molecule has 192 valence electrons. The van der Waals surface area contributed by atoms with Gasteiger partial charge in [0.2, 0.25) is 0 Å². The Balaban J connectivity index is 0.0000109. The van der Waals surface area contributed by atoms with Crippen molar-refractivity contribution in [1.82, 2.24) is 0 Å². The van der Waals surface area contributed by atoms with Gasteiger partial charge in [0.05, 0.1) is 16.2 Å². The number of ether oxygens (including phenoxy) is 1. The summed E-state index contributed by atoms with van der Waals surface area (Å²) >= 11 is 0. The molecule has 0 aromatic heterocycles. The summed E-state index contributed by atoms with van der Waals surface area (Å²) in [6.45, 7) is 6.34. The van der Waals surface area contributed by atoms with E-state index in [0.29, 0.717) is 0 Å². The van der Waals surface area contributed by atoms with Crippen molar-refractivity contribution in [2.24, 2.45) is 0 Å². The molecule has 0 spiro atoms. The number of aryl methyl sites for hydroxylation is 2. The summed E-state index contributed by atoms with van der Waals surface area (Å²) in [7, 11) is -4.21. The minimum absolute atomic E-state index is 0. The zero-order valence-corrected chi connectivity index (χ0v) is 25.4. The monoisotopic (exact) mass is 504 g/mol. The van der Waals surface area contributed by atoms with E-state index in [9.17, 15) is 13.0 Å². The van der Waals surface area contributed by atoms with Gasteiger partial charge in [-0.2, -0.15) is 0 Å². The van der Waals surface area contributed by atoms with E-state index in [1.165, 1.54) is 94.6 Å². The number of benzene rings is 1. The fraction of sp³-hybridized carbons (Fsp3) is 0.786. The van der Waals surface area contributed by atoms with E-state index in [1.807, 2.05) is 6.92 Å². The van der Waals surface area contributed by atoms with Gasteiger partial charge < -0.3 is 9.29 Å². The van der Waals surface area contributed by atoms with Crippen molar-refractivity contribution < 1.29 is 47.3 Å². The zero-order chi connectivity index (χ0) is 24.4. The first-order valence-corrected chi connectivity index (χ1v) is 15.2. The van der Waals surface area contributed by atoms with Gasteiger partial charge in [0.15, 0.2) is 0 Å². The van der Waals surface area contributed by atoms with E-state index >= 15 is 0 Å². The number of hydrogen-bond acceptors (Lipinski definition) is 4. The van der Waals surface area contributed by atoms with Crippen molar-refractivity contribution in [2.45, 2.75) is 136 Å². The summed E-state index contributed by atoms with van der Waals surface area (Å²) in [6.07, 6.45) is 20.1. The molecule has 1 aromatic rings. The van der Waals surface area contributed by atoms with Crippen LogP contribution in [-0.4, -0.2) is 24.8 Å². The molecule has 0 N–H and O–H groups in total. The molecule has 1 rings (SSSR count). The van der Waals surface area contributed by atoms with Crippen LogP contribution in [0.3, 0.4) is 0 Å². The molecule has 0 saturated carbocycles. The number of hydrogen-bond donors (Lipinski definition) is 0. The normalized spacial score (nSPS) is 12.4. The minimum Gasteiger partial charge on any atom is -0.748 e. The molecule has 0 fully saturated rings. The first-order valence-electron chi connectivity index (χ1n) is 13.6. The zero-order valence-electron chi connectivity index (χ0n) is 22.6. The molecule has 0 heterocycles. The molecule has 6 heteroatoms. The average molecular weight is 505 g/mol. The van der Waals surface area contributed by atoms with Gasteiger partial charge in [0.25, 0.3) is 0 Å². The minimum atomic E-state index is -4.21. The van der Waals surface area contributed by atoms with E-state index in [1.54, 1.807) is 0 Å². The Kier molecular flexibility index (Phi) is 21.0. The predicted octanol–water partition coefficient (Wildman–Crippen LogP) is 4.98. The van der Waals surface area contributed by atoms with E-state index in [2.05, 4.69) is 32.0 Å². The fourth-order valence-electron chi connectivity index (χ4n) is 4.24. The summed E-state index contributed by atoms with van der Waals surface area (Å²) in [5.74, 6) is 0.470. The van der Waals surface area contributed by atoms with Crippen molar-refractivity contribution in [3.05, 3.63) is 29.3 Å². The Morgan fingerprint density at radius 3 is 1.82 bits per heavy atom. The molecule has 1 unspecified atom stereocenters. The van der Waals surface area contributed by atoms with Crippen LogP contribution in [0.2, 0.25) is 0 Å². The van der Waals surface area contributed by atoms with Crippen LogP contribution in [-0.2, 0) is 23.0 Å². The Morgan fingerprint density at radius 2 is 1.29 bits per heavy atom. The molecule has 34 heavy (non-hydrogen) atoms. The first kappa shape index (κ1) is 33.9. The summed E-state index contributed by atoms with van der Waals surface area (Å²) < 4.78 is 39.0. The second-order valence-electron chi connectivity index (χ2n) is 9.66. The third-order valence-corrected chi connectivity index (χ3v) is 7.08. The van der Waals surface area contributed by atoms with Gasteiger partial charge in [-0.25, -0.2) is 8.42 Å². The summed E-state index contributed by atoms with van der Waals surface area (Å²) in [4.78, 5) is 0. The number of unbranched alkanes of at least 4 members (excludes halogenated alkanes) is 12. The fourth-order valence-corrected chi connectivity index (χ4v) is 4.86. The van der Waals surface area contributed by atoms with Gasteiger partial charge in [0, 0.05) is 5.75 Å². The summed E-state index contributed by atoms with van der Waals surface area (Å²) in [5, 5.41) is 0. The Morgan fingerprint density at radius 1 is 0.794 bits per heavy atom. The molecule has 1 aromatic carbocycles. The van der Waals surface area contributed by atoms with Gasteiger partial charge in [-0.05, 0) is 56.2 Å². The van der Waals surface area contributed by atoms with Crippen molar-refractivity contribution in [1.29, 1.82) is 0 Å². The summed E-state index contributed by atoms with van der Waals surface area (Å²) in [6, 6.07) is 6.49. The SMILES string of the molecule is CCCCCCCCCc1ccc(OC(C)CCS(=O)(=O)[O-])c(CCCCCCCCC)c1.[Na+]. The van der Waals surface area contributed by atoms with Crippen LogP contribution in [0, 0.1) is 0 Å². The average Bonchev–Trinajstić information content (AvgIpc) is 2.77. The van der Waals surface area contributed by atoms with Gasteiger partial charge in [0.1, 0.15) is 5.75 Å². The van der Waals surface area contributed by atoms with Gasteiger partial charge >= 0.3 is 29.6 Å². The van der Waals surface area contributed by atoms with Gasteiger partial charge in [-0.1, -0.05) is 103 Å². The van der Waals surface area contributed by atoms with Gasteiger partial charge in [-0.3, -0.25) is 0 Å². The van der Waals surface area contributed by atoms with Crippen LogP contribution in [0.4, 0.5) is 0 Å². The van der Waals surface area contributed by atoms with Crippen molar-refractivity contribution in [3.63, 3.8) is 0 Å². The van der Waals surface area contributed by atoms with Crippen molar-refractivity contribution in [2.75, 3.05) is 5.75 Å². The van der Waals surface area contributed by atoms with Crippen LogP contribution in [0.5, 0.6) is 5.75 Å². The van der Waals surface area contributed by atoms with E-state index in [0.717, 1.165) is 25.0 Å². The van der Waals surface area contributed by atoms with Crippen LogP contribution < -0.4 is 34.3 Å². The van der Waals surface area contributed by atoms with Crippen LogP contribution in [0.25, 0.3) is 0 Å². The quantitative estimate of drug-likeness (QED) is 0.135. The molecular formula is C28H49NaO4S. The molecule has 0 aliphatic carbocycles. The Bertz CT molecular complexity index is 721. The topological polar surface area (TPSA) is 66.4 Å². The van der Waals surface area contributed by atoms with Crippen molar-refractivity contribution in [3.8, 4) is 5.75 Å². The molecular weight excluding hydrogens is 455 g/mol. The molecule has 0 radical (unpaired) electrons. The molecule has 0 aliphatic heterocycles. The third-order valence-electron chi connectivity index (χ3n) is 6.35. The maximum Gasteiger partial charge on any atom is 1.00 e. The molecule has 1 atom stereocenters. The van der Waals surface area contributed by atoms with Crippen LogP contribution >= 0.6 is 0 Å². The second kappa shape index (κ2) is 21.1. The van der Waals surface area contributed by atoms with E-state index < -0.39 is 10.1 Å². The van der Waals surface area contributed by atoms with Gasteiger partial charge in [-0.15, -0.1) is 0 Å². The molecule has 4 nitrogen and oxygen atoms in total. The molecule has 0 amide bonds. The standard InChI is InChI=1S/C28H50O4S.Na/c1-4-6-8-10-12-14-16-18-26-20-21-28(32-25(3)22-23-33(29,30)31)27(24-26)19-17-15-13-11-9-7-5-2;/h20-21,24-25H,4-19,22-23H2,1-3H3,(H,29,30,31);/q;+1/p-1. The second-order valence-corrected chi connectivity index (χ2v) is 11.2. The molecule has 0 aliphatic rings. The third kappa shape index (κ3) is 18.2. The first-order chi connectivity index (χ1) is 15.9. The Hall–Kier alpha value is -0.0700. The Labute approximate surface area is 233 Å². The van der Waals surface area contributed by atoms with Crippen LogP contribution in [0.15, 0.2) is 18.2 Å². The summed E-state index contributed by atoms with van der Waals surface area (Å²) in [5.41, 5.74) is 2.59. The molecule has 0 saturated heterocycles. The van der Waals surface area contributed by atoms with Crippen LogP contribution in [0.1, 0.15) is 128 Å². The largest absolute Gasteiger partial charge is 1.00 e. The van der Waals surface area contributed by atoms with E-state index in [-0.39, 0.29) is 47.8 Å². The van der Waals surface area contributed by atoms with E-state index in [4.69, 9.17) is 4.74 Å². The maximum absolute atomic E-state index is 11.0. The molecule has 0 bridgehead atoms. The van der Waals surface area contributed by atoms with Crippen molar-refractivity contribution >= 4 is 10.1 Å².